The highest BCUT2D eigenvalue weighted by molar-refractivity contribution is 7.98. The Morgan fingerprint density at radius 1 is 0.492 bits per heavy atom. The van der Waals surface area contributed by atoms with E-state index in [0.717, 1.165) is 0 Å². The van der Waals surface area contributed by atoms with Crippen LogP contribution in [0.5, 0.6) is 0 Å². The average Bonchev–Trinajstić information content (AvgIpc) is 3.16. The number of hydrogen-bond donors (Lipinski definition) is 14. The van der Waals surface area contributed by atoms with Gasteiger partial charge in [0, 0.05) is 39.3 Å². The van der Waals surface area contributed by atoms with Crippen LogP contribution < -0.4 is 72.0 Å². The topological polar surface area (TPSA) is 470 Å². The van der Waals surface area contributed by atoms with Gasteiger partial charge in [-0.05, 0) is 63.4 Å². The molecule has 0 aliphatic carbocycles. The molecule has 0 aliphatic rings. The number of nitrogens with two attached hydrogens (primary N) is 7. The molecule has 9 amide bonds. The third-order valence-corrected chi connectivity index (χ3v) is 9.04. The van der Waals surface area contributed by atoms with Crippen molar-refractivity contribution in [3.05, 3.63) is 0 Å². The van der Waals surface area contributed by atoms with Crippen LogP contribution in [0, 0.1) is 0 Å². The van der Waals surface area contributed by atoms with Gasteiger partial charge in [0.05, 0.1) is 0 Å². The third-order valence-electron chi connectivity index (χ3n) is 8.39. The molecule has 0 spiro atoms. The number of carboxylic acids is 1. The van der Waals surface area contributed by atoms with Crippen LogP contribution in [-0.4, -0.2) is 138 Å². The number of carbonyl (C=O) groups excluding carboxylic acids is 9. The summed E-state index contributed by atoms with van der Waals surface area (Å²) in [5.74, 6) is -9.35. The van der Waals surface area contributed by atoms with Gasteiger partial charge in [-0.25, -0.2) is 0 Å². The van der Waals surface area contributed by atoms with Crippen molar-refractivity contribution >= 4 is 82.8 Å². The van der Waals surface area contributed by atoms with E-state index in [-0.39, 0.29) is 82.1 Å². The molecule has 0 aliphatic heterocycles. The van der Waals surface area contributed by atoms with Crippen molar-refractivity contribution in [2.45, 2.75) is 114 Å². The van der Waals surface area contributed by atoms with Crippen molar-refractivity contribution in [2.75, 3.05) is 25.1 Å². The summed E-state index contributed by atoms with van der Waals surface area (Å²) in [5, 5.41) is 24.0. The number of guanidine groups is 2. The number of carbonyl (C=O) groups is 10. The molecule has 0 saturated carbocycles. The van der Waals surface area contributed by atoms with Crippen molar-refractivity contribution in [3.63, 3.8) is 0 Å². The van der Waals surface area contributed by atoms with Crippen LogP contribution in [0.25, 0.3) is 0 Å². The number of thioether (sulfide) groups is 1. The summed E-state index contributed by atoms with van der Waals surface area (Å²) >= 11 is 1.28. The lowest BCUT2D eigenvalue weighted by Gasteiger charge is -2.27. The molecule has 27 heteroatoms. The molecule has 0 rings (SSSR count). The lowest BCUT2D eigenvalue weighted by atomic mass is 10.0. The minimum absolute atomic E-state index is 0.0372. The molecule has 61 heavy (non-hydrogen) atoms. The van der Waals surface area contributed by atoms with E-state index in [1.165, 1.54) is 18.7 Å². The fourth-order valence-corrected chi connectivity index (χ4v) is 5.79. The fraction of sp³-hybridized carbons (Fsp3) is 0.647. The van der Waals surface area contributed by atoms with Crippen LogP contribution in [0.15, 0.2) is 9.98 Å². The molecule has 0 aromatic heterocycles. The Balaban J connectivity index is 6.54. The summed E-state index contributed by atoms with van der Waals surface area (Å²) in [6.07, 6.45) is -0.463. The van der Waals surface area contributed by atoms with Crippen LogP contribution in [-0.2, 0) is 47.9 Å². The Labute approximate surface area is 356 Å². The zero-order valence-electron chi connectivity index (χ0n) is 34.2. The average molecular weight is 888 g/mol. The van der Waals surface area contributed by atoms with Gasteiger partial charge in [-0.1, -0.05) is 0 Å². The van der Waals surface area contributed by atoms with E-state index >= 15 is 0 Å². The molecule has 0 unspecified atom stereocenters. The summed E-state index contributed by atoms with van der Waals surface area (Å²) < 4.78 is 0. The van der Waals surface area contributed by atoms with E-state index in [4.69, 9.17) is 40.1 Å². The lowest BCUT2D eigenvalue weighted by Crippen LogP contribution is -2.59. The van der Waals surface area contributed by atoms with Crippen molar-refractivity contribution in [1.82, 2.24) is 31.9 Å². The number of primary amides is 3. The summed E-state index contributed by atoms with van der Waals surface area (Å²) in [4.78, 5) is 134. The molecule has 21 N–H and O–H groups in total. The van der Waals surface area contributed by atoms with Crippen LogP contribution in [0.2, 0.25) is 0 Å². The van der Waals surface area contributed by atoms with Gasteiger partial charge in [0.15, 0.2) is 11.9 Å². The Bertz CT molecular complexity index is 1610. The number of hydrogen-bond acceptors (Lipinski definition) is 13. The molecule has 26 nitrogen and oxygen atoms in total. The zero-order valence-corrected chi connectivity index (χ0v) is 35.1. The molecular weight excluding hydrogens is 827 g/mol. The maximum Gasteiger partial charge on any atom is 0.303 e. The fourth-order valence-electron chi connectivity index (χ4n) is 5.32. The third kappa shape index (κ3) is 25.6. The molecule has 344 valence electrons. The largest absolute Gasteiger partial charge is 0.481 e. The first kappa shape index (κ1) is 54.6. The number of nitrogens with zero attached hydrogens (tertiary/aromatic N) is 2. The maximum absolute atomic E-state index is 13.8. The van der Waals surface area contributed by atoms with E-state index in [0.29, 0.717) is 0 Å². The highest BCUT2D eigenvalue weighted by Crippen LogP contribution is 2.09. The predicted molar refractivity (Wildman–Crippen MR) is 223 cm³/mol. The van der Waals surface area contributed by atoms with E-state index in [9.17, 15) is 53.1 Å². The summed E-state index contributed by atoms with van der Waals surface area (Å²) in [5.41, 5.74) is 37.3. The van der Waals surface area contributed by atoms with Gasteiger partial charge in [-0.15, -0.1) is 0 Å². The lowest BCUT2D eigenvalue weighted by molar-refractivity contribution is -0.138. The Morgan fingerprint density at radius 3 is 1.15 bits per heavy atom. The number of aliphatic imine (C=N–C) groups is 2. The van der Waals surface area contributed by atoms with Crippen molar-refractivity contribution in [2.24, 2.45) is 50.1 Å². The SMILES string of the molecule is CSCC[C@@H](NC(=O)[C@H](CCC(N)=O)NC(=O)[C@H](CCCN=C(N)N)NC(=O)[C@H](CCCN=C(N)N)NC(C)=O)C(=O)N[C@@H](CCC(=O)O)C(=O)N[C@@H](CCC(N)=O)C(N)=O. The first-order valence-corrected chi connectivity index (χ1v) is 20.4. The van der Waals surface area contributed by atoms with Crippen molar-refractivity contribution in [1.29, 1.82) is 0 Å². The second-order valence-corrected chi connectivity index (χ2v) is 14.6. The highest BCUT2D eigenvalue weighted by Gasteiger charge is 2.33. The second-order valence-electron chi connectivity index (χ2n) is 13.6. The smallest absolute Gasteiger partial charge is 0.303 e. The monoisotopic (exact) mass is 887 g/mol. The first-order valence-electron chi connectivity index (χ1n) is 19.0. The first-order chi connectivity index (χ1) is 28.6. The Morgan fingerprint density at radius 2 is 0.820 bits per heavy atom. The van der Waals surface area contributed by atoms with E-state index < -0.39 is 115 Å². The van der Waals surface area contributed by atoms with Gasteiger partial charge in [-0.2, -0.15) is 11.8 Å². The van der Waals surface area contributed by atoms with Crippen LogP contribution in [0.3, 0.4) is 0 Å². The highest BCUT2D eigenvalue weighted by atomic mass is 32.2. The second kappa shape index (κ2) is 29.7. The van der Waals surface area contributed by atoms with E-state index in [1.807, 2.05) is 0 Å². The number of nitrogens with one attached hydrogen (secondary N) is 6. The molecule has 0 bridgehead atoms. The van der Waals surface area contributed by atoms with Gasteiger partial charge >= 0.3 is 5.97 Å². The normalized spacial score (nSPS) is 13.5. The molecule has 6 atom stereocenters. The minimum atomic E-state index is -1.57. The predicted octanol–water partition coefficient (Wildman–Crippen LogP) is -6.34. The summed E-state index contributed by atoms with van der Waals surface area (Å²) in [6.45, 7) is 1.35. The van der Waals surface area contributed by atoms with Crippen LogP contribution >= 0.6 is 11.8 Å². The number of rotatable bonds is 32. The Hall–Kier alpha value is -6.41. The van der Waals surface area contributed by atoms with Gasteiger partial charge in [-0.3, -0.25) is 57.9 Å². The van der Waals surface area contributed by atoms with Gasteiger partial charge in [0.2, 0.25) is 53.2 Å². The molecule has 0 heterocycles. The van der Waals surface area contributed by atoms with Crippen LogP contribution in [0.4, 0.5) is 0 Å². The van der Waals surface area contributed by atoms with Crippen LogP contribution in [0.1, 0.15) is 77.6 Å². The molecule has 0 aromatic rings. The molecular formula is C34H61N15O11S. The molecule has 0 fully saturated rings. The van der Waals surface area contributed by atoms with Gasteiger partial charge in [0.25, 0.3) is 0 Å². The van der Waals surface area contributed by atoms with E-state index in [2.05, 4.69) is 41.9 Å². The minimum Gasteiger partial charge on any atom is -0.481 e. The van der Waals surface area contributed by atoms with E-state index in [1.54, 1.807) is 6.26 Å². The molecule has 0 aromatic carbocycles. The molecule has 0 radical (unpaired) electrons. The molecule has 0 saturated heterocycles. The Kier molecular flexibility index (Phi) is 26.6. The maximum atomic E-state index is 13.8. The van der Waals surface area contributed by atoms with Crippen molar-refractivity contribution in [3.8, 4) is 0 Å². The number of amides is 9. The quantitative estimate of drug-likeness (QED) is 0.0170. The van der Waals surface area contributed by atoms with Gasteiger partial charge < -0.3 is 77.1 Å². The zero-order chi connectivity index (χ0) is 46.7. The van der Waals surface area contributed by atoms with Gasteiger partial charge in [0.1, 0.15) is 36.3 Å². The number of carboxylic acid groups (broad SMARTS) is 1. The standard InChI is InChI=1S/C34H61N15O11S/c1-17(50)44-19(5-3-14-42-33(38)39)28(56)46-20(6-4-15-43-34(40)41)29(57)47-21(8-11-25(36)52)31(59)49-23(13-16-61-2)32(60)48-22(9-12-26(53)54)30(58)45-18(27(37)55)7-10-24(35)51/h18-23H,3-16H2,1-2H3,(H2,35,51)(H2,36,52)(H2,37,55)(H,44,50)(H,45,58)(H,46,56)(H,47,57)(H,48,60)(H,49,59)(H,53,54)(H4,38,39,42)(H4,40,41,43)/t18-,19-,20-,21-,22-,23+/m0/s1. The summed E-state index contributed by atoms with van der Waals surface area (Å²) in [6, 6.07) is -8.44. The number of aliphatic carboxylic acids is 1. The summed E-state index contributed by atoms with van der Waals surface area (Å²) in [7, 11) is 0. The van der Waals surface area contributed by atoms with Crippen molar-refractivity contribution < 1.29 is 53.1 Å².